The van der Waals surface area contributed by atoms with Crippen LogP contribution < -0.4 is 10.1 Å². The highest BCUT2D eigenvalue weighted by Gasteiger charge is 2.36. The summed E-state index contributed by atoms with van der Waals surface area (Å²) in [5, 5.41) is 12.8. The molecule has 0 bridgehead atoms. The molecule has 1 atom stereocenters. The first-order valence-electron chi connectivity index (χ1n) is 9.54. The predicted octanol–water partition coefficient (Wildman–Crippen LogP) is 3.53. The third kappa shape index (κ3) is 4.86. The summed E-state index contributed by atoms with van der Waals surface area (Å²) in [6.45, 7) is 4.36. The number of hydrogen-bond donors (Lipinski definition) is 2. The van der Waals surface area contributed by atoms with Gasteiger partial charge in [-0.15, -0.1) is 0 Å². The number of carbonyl (C=O) groups is 1. The Labute approximate surface area is 160 Å². The van der Waals surface area contributed by atoms with E-state index in [1.165, 1.54) is 5.56 Å². The number of aliphatic hydroxyl groups is 1. The van der Waals surface area contributed by atoms with Crippen LogP contribution in [-0.4, -0.2) is 29.2 Å². The molecule has 1 aromatic carbocycles. The monoisotopic (exact) mass is 368 g/mol. The number of pyridine rings is 1. The van der Waals surface area contributed by atoms with E-state index in [-0.39, 0.29) is 24.0 Å². The Hall–Kier alpha value is -2.40. The molecule has 5 heteroatoms. The molecule has 0 spiro atoms. The number of aliphatic hydroxyl groups excluding tert-OH is 1. The molecule has 1 aliphatic carbocycles. The Balaban J connectivity index is 1.73. The number of benzene rings is 1. The number of nitrogens with one attached hydrogen (secondary N) is 1. The van der Waals surface area contributed by atoms with Crippen molar-refractivity contribution in [3.63, 3.8) is 0 Å². The number of carbonyl (C=O) groups excluding carboxylic acids is 1. The van der Waals surface area contributed by atoms with E-state index in [0.717, 1.165) is 12.0 Å². The molecule has 2 N–H and O–H groups in total. The van der Waals surface area contributed by atoms with Gasteiger partial charge >= 0.3 is 0 Å². The fraction of sp³-hybridized carbons (Fsp3) is 0.455. The molecule has 5 nitrogen and oxygen atoms in total. The van der Waals surface area contributed by atoms with Crippen molar-refractivity contribution in [3.8, 4) is 5.88 Å². The van der Waals surface area contributed by atoms with Crippen LogP contribution in [0.2, 0.25) is 0 Å². The molecule has 0 unspecified atom stereocenters. The van der Waals surface area contributed by atoms with Crippen LogP contribution in [0.25, 0.3) is 0 Å². The van der Waals surface area contributed by atoms with Crippen molar-refractivity contribution in [1.29, 1.82) is 0 Å². The van der Waals surface area contributed by atoms with Gasteiger partial charge in [-0.2, -0.15) is 0 Å². The lowest BCUT2D eigenvalue weighted by atomic mass is 9.75. The van der Waals surface area contributed by atoms with E-state index in [1.807, 2.05) is 30.3 Å². The fourth-order valence-electron chi connectivity index (χ4n) is 3.56. The Morgan fingerprint density at radius 3 is 2.44 bits per heavy atom. The fourth-order valence-corrected chi connectivity index (χ4v) is 3.56. The van der Waals surface area contributed by atoms with E-state index in [9.17, 15) is 9.90 Å². The summed E-state index contributed by atoms with van der Waals surface area (Å²) in [6, 6.07) is 11.3. The van der Waals surface area contributed by atoms with Gasteiger partial charge in [-0.1, -0.05) is 32.0 Å². The predicted molar refractivity (Wildman–Crippen MR) is 105 cm³/mol. The summed E-state index contributed by atoms with van der Waals surface area (Å²) in [5.41, 5.74) is 2.81. The van der Waals surface area contributed by atoms with E-state index in [1.54, 1.807) is 19.4 Å². The molecule has 2 aromatic rings. The highest BCUT2D eigenvalue weighted by Crippen LogP contribution is 2.38. The Kier molecular flexibility index (Phi) is 6.11. The Bertz CT molecular complexity index is 750. The molecule has 1 saturated carbocycles. The molecule has 0 radical (unpaired) electrons. The first kappa shape index (κ1) is 19.4. The minimum absolute atomic E-state index is 0.103. The Morgan fingerprint density at radius 1 is 1.22 bits per heavy atom. The van der Waals surface area contributed by atoms with Crippen LogP contribution >= 0.6 is 0 Å². The number of ether oxygens (including phenoxy) is 1. The highest BCUT2D eigenvalue weighted by molar-refractivity contribution is 5.94. The highest BCUT2D eigenvalue weighted by atomic mass is 16.5. The van der Waals surface area contributed by atoms with E-state index in [4.69, 9.17) is 4.74 Å². The van der Waals surface area contributed by atoms with Crippen LogP contribution in [0.4, 0.5) is 0 Å². The summed E-state index contributed by atoms with van der Waals surface area (Å²) in [6.07, 6.45) is 3.83. The molecule has 27 heavy (non-hydrogen) atoms. The lowest BCUT2D eigenvalue weighted by Gasteiger charge is -2.38. The van der Waals surface area contributed by atoms with Crippen molar-refractivity contribution in [3.05, 3.63) is 59.3 Å². The van der Waals surface area contributed by atoms with Gasteiger partial charge in [0.15, 0.2) is 0 Å². The van der Waals surface area contributed by atoms with Gasteiger partial charge in [0.25, 0.3) is 5.91 Å². The normalized spacial score (nSPS) is 20.0. The maximum Gasteiger partial charge on any atom is 0.251 e. The smallest absolute Gasteiger partial charge is 0.251 e. The topological polar surface area (TPSA) is 71.5 Å². The average Bonchev–Trinajstić information content (AvgIpc) is 2.64. The van der Waals surface area contributed by atoms with Crippen LogP contribution in [0.15, 0.2) is 42.6 Å². The zero-order valence-corrected chi connectivity index (χ0v) is 16.2. The summed E-state index contributed by atoms with van der Waals surface area (Å²) >= 11 is 0. The lowest BCUT2D eigenvalue weighted by molar-refractivity contribution is 0.0234. The quantitative estimate of drug-likeness (QED) is 0.784. The van der Waals surface area contributed by atoms with Gasteiger partial charge in [-0.25, -0.2) is 4.98 Å². The van der Waals surface area contributed by atoms with Crippen molar-refractivity contribution in [2.24, 2.45) is 11.8 Å². The molecule has 144 valence electrons. The largest absolute Gasteiger partial charge is 0.481 e. The molecule has 1 heterocycles. The van der Waals surface area contributed by atoms with Crippen LogP contribution in [0, 0.1) is 11.8 Å². The van der Waals surface area contributed by atoms with Crippen molar-refractivity contribution >= 4 is 5.91 Å². The van der Waals surface area contributed by atoms with E-state index < -0.39 is 0 Å². The molecule has 1 aliphatic rings. The maximum absolute atomic E-state index is 12.8. The number of aromatic nitrogens is 1. The molecule has 1 fully saturated rings. The standard InChI is InChI=1S/C22H28N2O3/c1-14(2)10-15-4-6-16(7-5-15)22(26)24-21(18-11-19(25)12-18)17-8-9-20(27-3)23-13-17/h4-9,13-14,18-19,21,25H,10-12H2,1-3H3,(H,24,26)/t18?,19?,21-/m0/s1. The summed E-state index contributed by atoms with van der Waals surface area (Å²) in [7, 11) is 1.58. The maximum atomic E-state index is 12.8. The summed E-state index contributed by atoms with van der Waals surface area (Å²) in [4.78, 5) is 17.1. The van der Waals surface area contributed by atoms with Crippen molar-refractivity contribution in [1.82, 2.24) is 10.3 Å². The number of rotatable bonds is 7. The van der Waals surface area contributed by atoms with Crippen LogP contribution in [-0.2, 0) is 6.42 Å². The third-order valence-corrected chi connectivity index (χ3v) is 5.10. The first-order valence-corrected chi connectivity index (χ1v) is 9.54. The SMILES string of the molecule is COc1ccc([C@H](NC(=O)c2ccc(CC(C)C)cc2)C2CC(O)C2)cn1. The minimum Gasteiger partial charge on any atom is -0.481 e. The minimum atomic E-state index is -0.282. The van der Waals surface area contributed by atoms with Gasteiger partial charge in [0, 0.05) is 17.8 Å². The second-order valence-corrected chi connectivity index (χ2v) is 7.77. The summed E-state index contributed by atoms with van der Waals surface area (Å²) < 4.78 is 5.12. The van der Waals surface area contributed by atoms with E-state index >= 15 is 0 Å². The third-order valence-electron chi connectivity index (χ3n) is 5.10. The molecule has 0 aliphatic heterocycles. The first-order chi connectivity index (χ1) is 13.0. The van der Waals surface area contributed by atoms with Crippen LogP contribution in [0.3, 0.4) is 0 Å². The molecule has 3 rings (SSSR count). The van der Waals surface area contributed by atoms with Crippen LogP contribution in [0.1, 0.15) is 54.2 Å². The lowest BCUT2D eigenvalue weighted by Crippen LogP contribution is -2.41. The molecule has 0 saturated heterocycles. The molecule has 1 amide bonds. The van der Waals surface area contributed by atoms with Gasteiger partial charge < -0.3 is 15.2 Å². The number of amides is 1. The molecular weight excluding hydrogens is 340 g/mol. The Morgan fingerprint density at radius 2 is 1.93 bits per heavy atom. The van der Waals surface area contributed by atoms with Crippen molar-refractivity contribution < 1.29 is 14.6 Å². The molecular formula is C22H28N2O3. The zero-order valence-electron chi connectivity index (χ0n) is 16.2. The average molecular weight is 368 g/mol. The second kappa shape index (κ2) is 8.53. The van der Waals surface area contributed by atoms with Gasteiger partial charge in [-0.3, -0.25) is 4.79 Å². The van der Waals surface area contributed by atoms with Crippen molar-refractivity contribution in [2.75, 3.05) is 7.11 Å². The summed E-state index contributed by atoms with van der Waals surface area (Å²) in [5.74, 6) is 1.23. The van der Waals surface area contributed by atoms with Gasteiger partial charge in [0.2, 0.25) is 5.88 Å². The zero-order chi connectivity index (χ0) is 19.4. The second-order valence-electron chi connectivity index (χ2n) is 7.77. The number of hydrogen-bond acceptors (Lipinski definition) is 4. The van der Waals surface area contributed by atoms with E-state index in [0.29, 0.717) is 30.2 Å². The van der Waals surface area contributed by atoms with Gasteiger partial charge in [-0.05, 0) is 54.4 Å². The number of nitrogens with zero attached hydrogens (tertiary/aromatic N) is 1. The van der Waals surface area contributed by atoms with Crippen molar-refractivity contribution in [2.45, 2.75) is 45.3 Å². The van der Waals surface area contributed by atoms with E-state index in [2.05, 4.69) is 24.1 Å². The van der Waals surface area contributed by atoms with Gasteiger partial charge in [0.05, 0.1) is 19.3 Å². The van der Waals surface area contributed by atoms with Crippen LogP contribution in [0.5, 0.6) is 5.88 Å². The number of methoxy groups -OCH3 is 1. The van der Waals surface area contributed by atoms with Gasteiger partial charge in [0.1, 0.15) is 0 Å². The molecule has 1 aromatic heterocycles.